The summed E-state index contributed by atoms with van der Waals surface area (Å²) in [6.07, 6.45) is 1.62. The minimum absolute atomic E-state index is 0.0949. The van der Waals surface area contributed by atoms with Crippen LogP contribution in [0.1, 0.15) is 29.6 Å². The summed E-state index contributed by atoms with van der Waals surface area (Å²) < 4.78 is 0. The van der Waals surface area contributed by atoms with Gasteiger partial charge in [-0.15, -0.1) is 0 Å². The van der Waals surface area contributed by atoms with Gasteiger partial charge in [-0.25, -0.2) is 0 Å². The van der Waals surface area contributed by atoms with Crippen LogP contribution in [0.2, 0.25) is 0 Å². The number of hydrogen-bond donors (Lipinski definition) is 4. The van der Waals surface area contributed by atoms with Crippen LogP contribution < -0.4 is 16.4 Å². The Hall–Kier alpha value is -2.41. The predicted octanol–water partition coefficient (Wildman–Crippen LogP) is 0.115. The molecule has 0 fully saturated rings. The highest BCUT2D eigenvalue weighted by Gasteiger charge is 2.10. The number of nitrogens with two attached hydrogens (primary N) is 1. The molecule has 0 bridgehead atoms. The molecule has 22 heavy (non-hydrogen) atoms. The Kier molecular flexibility index (Phi) is 7.63. The van der Waals surface area contributed by atoms with Gasteiger partial charge in [0.25, 0.3) is 5.91 Å². The Balaban J connectivity index is 2.11. The molecule has 0 aromatic heterocycles. The summed E-state index contributed by atoms with van der Waals surface area (Å²) in [4.78, 5) is 33.7. The minimum atomic E-state index is -1.02. The Bertz CT molecular complexity index is 505. The average Bonchev–Trinajstić information content (AvgIpc) is 2.52. The summed E-state index contributed by atoms with van der Waals surface area (Å²) in [7, 11) is 0. The van der Waals surface area contributed by atoms with Gasteiger partial charge in [0.1, 0.15) is 6.04 Å². The first kappa shape index (κ1) is 17.6. The van der Waals surface area contributed by atoms with Crippen molar-refractivity contribution in [1.29, 1.82) is 0 Å². The summed E-state index contributed by atoms with van der Waals surface area (Å²) in [6, 6.07) is 7.77. The third-order valence-corrected chi connectivity index (χ3v) is 3.03. The number of carboxylic acids is 1. The predicted molar refractivity (Wildman–Crippen MR) is 81.2 cm³/mol. The van der Waals surface area contributed by atoms with Crippen molar-refractivity contribution in [3.05, 3.63) is 35.9 Å². The zero-order chi connectivity index (χ0) is 16.4. The van der Waals surface area contributed by atoms with E-state index >= 15 is 0 Å². The molecule has 2 amide bonds. The van der Waals surface area contributed by atoms with Gasteiger partial charge in [-0.05, 0) is 31.4 Å². The number of rotatable bonds is 9. The maximum absolute atomic E-state index is 11.7. The van der Waals surface area contributed by atoms with E-state index in [9.17, 15) is 14.4 Å². The highest BCUT2D eigenvalue weighted by Crippen LogP contribution is 1.98. The average molecular weight is 307 g/mol. The van der Waals surface area contributed by atoms with E-state index in [4.69, 9.17) is 10.8 Å². The van der Waals surface area contributed by atoms with Crippen LogP contribution in [0.3, 0.4) is 0 Å². The standard InChI is InChI=1S/C15H21N3O4/c16-12(15(21)22)8-4-5-9-17-13(19)10-18-14(20)11-6-2-1-3-7-11/h1-3,6-7,12H,4-5,8-10,16H2,(H,17,19)(H,18,20)(H,21,22)/t12-/m1/s1. The molecule has 5 N–H and O–H groups in total. The number of carbonyl (C=O) groups excluding carboxylic acids is 2. The second-order valence-corrected chi connectivity index (χ2v) is 4.84. The Labute approximate surface area is 128 Å². The molecule has 7 nitrogen and oxygen atoms in total. The third kappa shape index (κ3) is 6.85. The lowest BCUT2D eigenvalue weighted by Gasteiger charge is -2.08. The van der Waals surface area contributed by atoms with Crippen LogP contribution in [0, 0.1) is 0 Å². The monoisotopic (exact) mass is 307 g/mol. The number of benzene rings is 1. The van der Waals surface area contributed by atoms with Crippen LogP contribution in [0.15, 0.2) is 30.3 Å². The summed E-state index contributed by atoms with van der Waals surface area (Å²) in [5.41, 5.74) is 5.86. The number of carboxylic acid groups (broad SMARTS) is 1. The number of carbonyl (C=O) groups is 3. The van der Waals surface area contributed by atoms with E-state index in [0.717, 1.165) is 0 Å². The molecule has 0 spiro atoms. The first-order valence-corrected chi connectivity index (χ1v) is 7.09. The Morgan fingerprint density at radius 1 is 1.09 bits per heavy atom. The quantitative estimate of drug-likeness (QED) is 0.483. The van der Waals surface area contributed by atoms with Crippen molar-refractivity contribution in [1.82, 2.24) is 10.6 Å². The van der Waals surface area contributed by atoms with Gasteiger partial charge in [-0.2, -0.15) is 0 Å². The highest BCUT2D eigenvalue weighted by molar-refractivity contribution is 5.96. The normalized spacial score (nSPS) is 11.5. The van der Waals surface area contributed by atoms with Crippen molar-refractivity contribution in [3.8, 4) is 0 Å². The number of amides is 2. The molecule has 7 heteroatoms. The molecular weight excluding hydrogens is 286 g/mol. The van der Waals surface area contributed by atoms with Crippen molar-refractivity contribution in [2.75, 3.05) is 13.1 Å². The fraction of sp³-hybridized carbons (Fsp3) is 0.400. The first-order valence-electron chi connectivity index (χ1n) is 7.09. The molecule has 0 saturated heterocycles. The van der Waals surface area contributed by atoms with Gasteiger partial charge in [0.15, 0.2) is 0 Å². The van der Waals surface area contributed by atoms with Crippen LogP contribution in [-0.4, -0.2) is 42.0 Å². The van der Waals surface area contributed by atoms with E-state index in [1.807, 2.05) is 0 Å². The van der Waals surface area contributed by atoms with Gasteiger partial charge in [-0.1, -0.05) is 18.2 Å². The summed E-state index contributed by atoms with van der Waals surface area (Å²) in [5.74, 6) is -1.61. The highest BCUT2D eigenvalue weighted by atomic mass is 16.4. The van der Waals surface area contributed by atoms with Gasteiger partial charge in [0.05, 0.1) is 6.54 Å². The molecule has 1 rings (SSSR count). The number of unbranched alkanes of at least 4 members (excludes halogenated alkanes) is 1. The van der Waals surface area contributed by atoms with Crippen molar-refractivity contribution in [3.63, 3.8) is 0 Å². The molecule has 0 aliphatic rings. The van der Waals surface area contributed by atoms with Gasteiger partial charge < -0.3 is 21.5 Å². The van der Waals surface area contributed by atoms with Crippen molar-refractivity contribution in [2.45, 2.75) is 25.3 Å². The van der Waals surface area contributed by atoms with Crippen LogP contribution in [0.25, 0.3) is 0 Å². The van der Waals surface area contributed by atoms with E-state index in [0.29, 0.717) is 31.4 Å². The molecule has 1 aromatic carbocycles. The summed E-state index contributed by atoms with van der Waals surface area (Å²) in [6.45, 7) is 0.328. The Morgan fingerprint density at radius 2 is 1.77 bits per heavy atom. The molecule has 0 radical (unpaired) electrons. The van der Waals surface area contributed by atoms with Gasteiger partial charge in [0, 0.05) is 12.1 Å². The van der Waals surface area contributed by atoms with Crippen molar-refractivity contribution < 1.29 is 19.5 Å². The minimum Gasteiger partial charge on any atom is -0.480 e. The lowest BCUT2D eigenvalue weighted by molar-refractivity contribution is -0.138. The molecule has 0 heterocycles. The van der Waals surface area contributed by atoms with Crippen molar-refractivity contribution >= 4 is 17.8 Å². The second kappa shape index (κ2) is 9.51. The van der Waals surface area contributed by atoms with Crippen molar-refractivity contribution in [2.24, 2.45) is 5.73 Å². The van der Waals surface area contributed by atoms with Crippen LogP contribution in [-0.2, 0) is 9.59 Å². The zero-order valence-corrected chi connectivity index (χ0v) is 12.2. The zero-order valence-electron chi connectivity index (χ0n) is 12.2. The number of nitrogens with one attached hydrogen (secondary N) is 2. The van der Waals surface area contributed by atoms with E-state index in [1.165, 1.54) is 0 Å². The molecule has 0 saturated carbocycles. The Morgan fingerprint density at radius 3 is 2.41 bits per heavy atom. The molecular formula is C15H21N3O4. The van der Waals surface area contributed by atoms with Gasteiger partial charge in [0.2, 0.25) is 5.91 Å². The number of aliphatic carboxylic acids is 1. The second-order valence-electron chi connectivity index (χ2n) is 4.84. The van der Waals surface area contributed by atoms with E-state index in [1.54, 1.807) is 30.3 Å². The molecule has 1 aromatic rings. The fourth-order valence-electron chi connectivity index (χ4n) is 1.76. The molecule has 120 valence electrons. The molecule has 0 unspecified atom stereocenters. The molecule has 1 atom stereocenters. The van der Waals surface area contributed by atoms with E-state index in [2.05, 4.69) is 10.6 Å². The molecule has 0 aliphatic heterocycles. The van der Waals surface area contributed by atoms with Crippen LogP contribution in [0.5, 0.6) is 0 Å². The van der Waals surface area contributed by atoms with E-state index in [-0.39, 0.29) is 18.4 Å². The summed E-state index contributed by atoms with van der Waals surface area (Å²) >= 11 is 0. The van der Waals surface area contributed by atoms with Crippen LogP contribution in [0.4, 0.5) is 0 Å². The smallest absolute Gasteiger partial charge is 0.320 e. The maximum Gasteiger partial charge on any atom is 0.320 e. The maximum atomic E-state index is 11.7. The van der Waals surface area contributed by atoms with Crippen LogP contribution >= 0.6 is 0 Å². The third-order valence-electron chi connectivity index (χ3n) is 3.03. The lowest BCUT2D eigenvalue weighted by Crippen LogP contribution is -2.37. The fourth-order valence-corrected chi connectivity index (χ4v) is 1.76. The van der Waals surface area contributed by atoms with Gasteiger partial charge >= 0.3 is 5.97 Å². The van der Waals surface area contributed by atoms with Gasteiger partial charge in [-0.3, -0.25) is 14.4 Å². The largest absolute Gasteiger partial charge is 0.480 e. The SMILES string of the molecule is N[C@H](CCCCNC(=O)CNC(=O)c1ccccc1)C(=O)O. The topological polar surface area (TPSA) is 122 Å². The van der Waals surface area contributed by atoms with E-state index < -0.39 is 12.0 Å². The first-order chi connectivity index (χ1) is 10.5. The summed E-state index contributed by atoms with van der Waals surface area (Å²) in [5, 5.41) is 13.8. The lowest BCUT2D eigenvalue weighted by atomic mass is 10.1. The number of hydrogen-bond acceptors (Lipinski definition) is 4. The molecule has 0 aliphatic carbocycles.